The number of hydrogen-bond donors (Lipinski definition) is 1. The average molecular weight is 257 g/mol. The first-order chi connectivity index (χ1) is 8.92. The van der Waals surface area contributed by atoms with Crippen molar-refractivity contribution in [2.24, 2.45) is 5.73 Å². The first-order valence-corrected chi connectivity index (χ1v) is 6.82. The summed E-state index contributed by atoms with van der Waals surface area (Å²) in [6.45, 7) is 9.19. The summed E-state index contributed by atoms with van der Waals surface area (Å²) in [5.41, 5.74) is 10.8. The Balaban J connectivity index is 2.27. The summed E-state index contributed by atoms with van der Waals surface area (Å²) in [4.78, 5) is 0. The van der Waals surface area contributed by atoms with Crippen molar-refractivity contribution in [2.45, 2.75) is 46.2 Å². The molecule has 0 saturated carbocycles. The van der Waals surface area contributed by atoms with Crippen molar-refractivity contribution >= 4 is 0 Å². The maximum absolute atomic E-state index is 6.51. The lowest BCUT2D eigenvalue weighted by atomic mass is 9.88. The minimum atomic E-state index is -0.368. The molecule has 0 aliphatic heterocycles. The molecule has 0 bridgehead atoms. The summed E-state index contributed by atoms with van der Waals surface area (Å²) < 4.78 is 2.04. The van der Waals surface area contributed by atoms with Gasteiger partial charge in [-0.2, -0.15) is 5.10 Å². The van der Waals surface area contributed by atoms with Crippen LogP contribution in [-0.4, -0.2) is 9.78 Å². The van der Waals surface area contributed by atoms with Crippen molar-refractivity contribution in [3.05, 3.63) is 52.8 Å². The largest absolute Gasteiger partial charge is 0.321 e. The number of rotatable bonds is 4. The monoisotopic (exact) mass is 257 g/mol. The van der Waals surface area contributed by atoms with Crippen LogP contribution in [0.2, 0.25) is 0 Å². The molecule has 0 aliphatic rings. The van der Waals surface area contributed by atoms with Crippen LogP contribution in [0, 0.1) is 13.8 Å². The van der Waals surface area contributed by atoms with Gasteiger partial charge < -0.3 is 5.73 Å². The lowest BCUT2D eigenvalue weighted by Gasteiger charge is -2.25. The molecule has 1 atom stereocenters. The number of aromatic nitrogens is 2. The Morgan fingerprint density at radius 1 is 1.21 bits per heavy atom. The molecular weight excluding hydrogens is 234 g/mol. The van der Waals surface area contributed by atoms with E-state index in [4.69, 9.17) is 5.73 Å². The second-order valence-electron chi connectivity index (χ2n) is 5.55. The fraction of sp³-hybridized carbons (Fsp3) is 0.438. The topological polar surface area (TPSA) is 43.8 Å². The van der Waals surface area contributed by atoms with Crippen LogP contribution in [-0.2, 0) is 18.5 Å². The van der Waals surface area contributed by atoms with Gasteiger partial charge in [0.15, 0.2) is 0 Å². The molecule has 0 radical (unpaired) electrons. The predicted molar refractivity (Wildman–Crippen MR) is 79.1 cm³/mol. The molecule has 2 N–H and O–H groups in total. The van der Waals surface area contributed by atoms with Crippen LogP contribution in [0.15, 0.2) is 30.3 Å². The summed E-state index contributed by atoms with van der Waals surface area (Å²) in [7, 11) is 0. The molecule has 102 valence electrons. The van der Waals surface area contributed by atoms with E-state index in [0.29, 0.717) is 0 Å². The Kier molecular flexibility index (Phi) is 3.76. The van der Waals surface area contributed by atoms with E-state index in [2.05, 4.69) is 56.2 Å². The van der Waals surface area contributed by atoms with Crippen LogP contribution in [0.5, 0.6) is 0 Å². The fourth-order valence-corrected chi connectivity index (χ4v) is 2.43. The van der Waals surface area contributed by atoms with Crippen molar-refractivity contribution < 1.29 is 0 Å². The maximum Gasteiger partial charge on any atom is 0.0596 e. The molecule has 0 saturated heterocycles. The van der Waals surface area contributed by atoms with Crippen LogP contribution >= 0.6 is 0 Å². The van der Waals surface area contributed by atoms with Crippen LogP contribution in [0.1, 0.15) is 36.4 Å². The van der Waals surface area contributed by atoms with Gasteiger partial charge in [-0.1, -0.05) is 29.8 Å². The second-order valence-corrected chi connectivity index (χ2v) is 5.55. The number of nitrogens with zero attached hydrogens (tertiary/aromatic N) is 2. The van der Waals surface area contributed by atoms with Crippen LogP contribution < -0.4 is 5.73 Å². The van der Waals surface area contributed by atoms with Gasteiger partial charge in [-0.15, -0.1) is 0 Å². The van der Waals surface area contributed by atoms with Crippen LogP contribution in [0.4, 0.5) is 0 Å². The summed E-state index contributed by atoms with van der Waals surface area (Å²) in [5.74, 6) is 0. The van der Waals surface area contributed by atoms with Crippen molar-refractivity contribution in [3.63, 3.8) is 0 Å². The Bertz CT molecular complexity index is 550. The highest BCUT2D eigenvalue weighted by molar-refractivity contribution is 5.29. The number of nitrogens with two attached hydrogens (primary N) is 1. The van der Waals surface area contributed by atoms with Crippen molar-refractivity contribution in [2.75, 3.05) is 0 Å². The minimum Gasteiger partial charge on any atom is -0.321 e. The summed E-state index contributed by atoms with van der Waals surface area (Å²) in [6.07, 6.45) is 0.796. The molecule has 0 spiro atoms. The molecule has 3 heteroatoms. The van der Waals surface area contributed by atoms with Gasteiger partial charge in [0.2, 0.25) is 0 Å². The highest BCUT2D eigenvalue weighted by Gasteiger charge is 2.23. The zero-order chi connectivity index (χ0) is 14.0. The van der Waals surface area contributed by atoms with Crippen molar-refractivity contribution in [1.29, 1.82) is 0 Å². The van der Waals surface area contributed by atoms with Gasteiger partial charge in [-0.3, -0.25) is 4.68 Å². The Morgan fingerprint density at radius 3 is 2.42 bits per heavy atom. The second kappa shape index (κ2) is 5.17. The van der Waals surface area contributed by atoms with Crippen LogP contribution in [0.25, 0.3) is 0 Å². The normalized spacial score (nSPS) is 14.4. The molecule has 2 rings (SSSR count). The first-order valence-electron chi connectivity index (χ1n) is 6.82. The van der Waals surface area contributed by atoms with E-state index < -0.39 is 0 Å². The van der Waals surface area contributed by atoms with E-state index in [1.807, 2.05) is 11.6 Å². The van der Waals surface area contributed by atoms with E-state index >= 15 is 0 Å². The average Bonchev–Trinajstić information content (AvgIpc) is 2.69. The molecule has 1 aromatic heterocycles. The third-order valence-electron chi connectivity index (χ3n) is 3.54. The number of aryl methyl sites for hydroxylation is 3. The van der Waals surface area contributed by atoms with E-state index in [9.17, 15) is 0 Å². The van der Waals surface area contributed by atoms with Gasteiger partial charge in [0.25, 0.3) is 0 Å². The van der Waals surface area contributed by atoms with Gasteiger partial charge >= 0.3 is 0 Å². The lowest BCUT2D eigenvalue weighted by Crippen LogP contribution is -2.36. The van der Waals surface area contributed by atoms with E-state index in [1.54, 1.807) is 0 Å². The summed E-state index contributed by atoms with van der Waals surface area (Å²) in [5, 5.41) is 4.48. The summed E-state index contributed by atoms with van der Waals surface area (Å²) >= 11 is 0. The van der Waals surface area contributed by atoms with E-state index in [-0.39, 0.29) is 5.54 Å². The lowest BCUT2D eigenvalue weighted by molar-refractivity contribution is 0.464. The molecular formula is C16H23N3. The van der Waals surface area contributed by atoms with Gasteiger partial charge in [-0.25, -0.2) is 0 Å². The molecule has 0 amide bonds. The van der Waals surface area contributed by atoms with Crippen molar-refractivity contribution in [1.82, 2.24) is 9.78 Å². The molecule has 1 heterocycles. The zero-order valence-corrected chi connectivity index (χ0v) is 12.3. The Morgan fingerprint density at radius 2 is 1.84 bits per heavy atom. The van der Waals surface area contributed by atoms with Crippen molar-refractivity contribution in [3.8, 4) is 0 Å². The molecule has 3 nitrogen and oxygen atoms in total. The highest BCUT2D eigenvalue weighted by atomic mass is 15.3. The third-order valence-corrected chi connectivity index (χ3v) is 3.54. The molecule has 2 aromatic rings. The Labute approximate surface area is 115 Å². The van der Waals surface area contributed by atoms with Gasteiger partial charge in [0.05, 0.1) is 5.69 Å². The van der Waals surface area contributed by atoms with Gasteiger partial charge in [0.1, 0.15) is 0 Å². The molecule has 0 fully saturated rings. The molecule has 1 unspecified atom stereocenters. The van der Waals surface area contributed by atoms with E-state index in [1.165, 1.54) is 16.8 Å². The minimum absolute atomic E-state index is 0.368. The fourth-order valence-electron chi connectivity index (χ4n) is 2.43. The predicted octanol–water partition coefficient (Wildman–Crippen LogP) is 2.94. The quantitative estimate of drug-likeness (QED) is 0.915. The zero-order valence-electron chi connectivity index (χ0n) is 12.3. The third kappa shape index (κ3) is 3.04. The number of benzene rings is 1. The number of hydrogen-bond acceptors (Lipinski definition) is 2. The standard InChI is InChI=1S/C16H23N3/c1-5-19-15(10-13(3)18-19)11-16(4,17)14-8-6-12(2)7-9-14/h6-10H,5,11,17H2,1-4H3. The molecule has 0 aliphatic carbocycles. The van der Waals surface area contributed by atoms with Gasteiger partial charge in [0, 0.05) is 24.2 Å². The molecule has 1 aromatic carbocycles. The Hall–Kier alpha value is -1.61. The van der Waals surface area contributed by atoms with Crippen LogP contribution in [0.3, 0.4) is 0 Å². The first kappa shape index (κ1) is 13.8. The smallest absolute Gasteiger partial charge is 0.0596 e. The van der Waals surface area contributed by atoms with Gasteiger partial charge in [-0.05, 0) is 39.3 Å². The molecule has 19 heavy (non-hydrogen) atoms. The highest BCUT2D eigenvalue weighted by Crippen LogP contribution is 2.23. The van der Waals surface area contributed by atoms with E-state index in [0.717, 1.165) is 18.7 Å². The SMILES string of the molecule is CCn1nc(C)cc1CC(C)(N)c1ccc(C)cc1. The summed E-state index contributed by atoms with van der Waals surface area (Å²) in [6, 6.07) is 10.6. The maximum atomic E-state index is 6.51.